The van der Waals surface area contributed by atoms with E-state index in [0.29, 0.717) is 5.52 Å². The summed E-state index contributed by atoms with van der Waals surface area (Å²) in [6.07, 6.45) is 0. The molecule has 2 amide bonds. The molecule has 0 spiro atoms. The summed E-state index contributed by atoms with van der Waals surface area (Å²) < 4.78 is 27.4. The highest BCUT2D eigenvalue weighted by Gasteiger charge is 2.19. The molecule has 4 aromatic rings. The van der Waals surface area contributed by atoms with Crippen LogP contribution in [0.15, 0.2) is 52.8 Å². The van der Waals surface area contributed by atoms with Crippen LogP contribution in [0.5, 0.6) is 0 Å². The maximum Gasteiger partial charge on any atom is 0.277 e. The molecule has 0 aliphatic heterocycles. The van der Waals surface area contributed by atoms with Crippen LogP contribution in [-0.2, 0) is 0 Å². The average molecular weight is 441 g/mol. The Kier molecular flexibility index (Phi) is 5.37. The number of thiazole rings is 1. The van der Waals surface area contributed by atoms with E-state index in [1.165, 1.54) is 5.38 Å². The number of aromatic nitrogens is 3. The first-order chi connectivity index (χ1) is 14.9. The summed E-state index contributed by atoms with van der Waals surface area (Å²) in [4.78, 5) is 39.5. The van der Waals surface area contributed by atoms with E-state index in [1.54, 1.807) is 6.07 Å². The standard InChI is InChI=1S/C19H13F2N7O2S/c20-9-4-3-5-10(21)14(9)16(30)27-19-25-13(8-31-19)15(29)26-17(22)28-18-23-11-6-1-2-7-12(11)24-18/h1-8H,(H,25,27,30)(H4,22,23,24,26,28,29). The number of fused-ring (bicyclic) bond motifs is 1. The molecule has 9 nitrogen and oxygen atoms in total. The monoisotopic (exact) mass is 441 g/mol. The van der Waals surface area contributed by atoms with Gasteiger partial charge in [0.15, 0.2) is 5.13 Å². The topological polar surface area (TPSA) is 138 Å². The Morgan fingerprint density at radius 1 is 1.03 bits per heavy atom. The molecule has 5 N–H and O–H groups in total. The number of amides is 2. The summed E-state index contributed by atoms with van der Waals surface area (Å²) in [7, 11) is 0. The van der Waals surface area contributed by atoms with Gasteiger partial charge in [-0.3, -0.25) is 20.2 Å². The molecule has 0 aliphatic rings. The van der Waals surface area contributed by atoms with E-state index in [4.69, 9.17) is 5.73 Å². The Balaban J connectivity index is 1.43. The molecule has 156 valence electrons. The average Bonchev–Trinajstić information content (AvgIpc) is 3.34. The van der Waals surface area contributed by atoms with Crippen molar-refractivity contribution >= 4 is 51.2 Å². The number of rotatable bonds is 4. The molecule has 4 rings (SSSR count). The first kappa shape index (κ1) is 20.1. The predicted molar refractivity (Wildman–Crippen MR) is 111 cm³/mol. The summed E-state index contributed by atoms with van der Waals surface area (Å²) in [5.74, 6) is -3.76. The molecule has 2 heterocycles. The summed E-state index contributed by atoms with van der Waals surface area (Å²) in [6.45, 7) is 0. The van der Waals surface area contributed by atoms with Crippen LogP contribution in [-0.4, -0.2) is 32.7 Å². The highest BCUT2D eigenvalue weighted by molar-refractivity contribution is 7.14. The van der Waals surface area contributed by atoms with Crippen LogP contribution in [0.4, 0.5) is 19.9 Å². The van der Waals surface area contributed by atoms with Gasteiger partial charge in [-0.15, -0.1) is 11.3 Å². The van der Waals surface area contributed by atoms with Gasteiger partial charge < -0.3 is 10.7 Å². The third-order valence-corrected chi connectivity index (χ3v) is 4.75. The molecular weight excluding hydrogens is 428 g/mol. The molecule has 0 fully saturated rings. The number of imidazole rings is 1. The SMILES string of the molecule is NC(=Nc1nc2ccccc2[nH]1)NC(=O)c1csc(NC(=O)c2c(F)cccc2F)n1. The second kappa shape index (κ2) is 8.28. The van der Waals surface area contributed by atoms with Gasteiger partial charge in [0.25, 0.3) is 11.8 Å². The van der Waals surface area contributed by atoms with Crippen LogP contribution in [0.1, 0.15) is 20.8 Å². The van der Waals surface area contributed by atoms with E-state index in [2.05, 4.69) is 30.6 Å². The number of guanidine groups is 1. The molecule has 31 heavy (non-hydrogen) atoms. The number of aromatic amines is 1. The van der Waals surface area contributed by atoms with E-state index in [0.717, 1.165) is 35.1 Å². The van der Waals surface area contributed by atoms with E-state index in [1.807, 2.05) is 18.2 Å². The van der Waals surface area contributed by atoms with Crippen LogP contribution in [0, 0.1) is 11.6 Å². The fourth-order valence-corrected chi connectivity index (χ4v) is 3.31. The number of carbonyl (C=O) groups is 2. The molecule has 2 aromatic heterocycles. The number of nitrogens with zero attached hydrogens (tertiary/aromatic N) is 3. The molecule has 0 saturated heterocycles. The molecule has 0 radical (unpaired) electrons. The lowest BCUT2D eigenvalue weighted by molar-refractivity contribution is 0.0969. The van der Waals surface area contributed by atoms with Gasteiger partial charge in [0, 0.05) is 5.38 Å². The summed E-state index contributed by atoms with van der Waals surface area (Å²) in [5.41, 5.74) is 6.37. The lowest BCUT2D eigenvalue weighted by Gasteiger charge is -2.04. The Morgan fingerprint density at radius 3 is 2.52 bits per heavy atom. The zero-order valence-electron chi connectivity index (χ0n) is 15.5. The number of anilines is 1. The van der Waals surface area contributed by atoms with Gasteiger partial charge in [-0.25, -0.2) is 18.7 Å². The lowest BCUT2D eigenvalue weighted by atomic mass is 10.2. The first-order valence-corrected chi connectivity index (χ1v) is 9.60. The minimum absolute atomic E-state index is 0.0226. The Labute approximate surface area is 177 Å². The normalized spacial score (nSPS) is 11.5. The van der Waals surface area contributed by atoms with Crippen LogP contribution in [0.2, 0.25) is 0 Å². The number of carbonyl (C=O) groups excluding carboxylic acids is 2. The van der Waals surface area contributed by atoms with E-state index in [9.17, 15) is 18.4 Å². The third-order valence-electron chi connectivity index (χ3n) is 3.99. The molecule has 12 heteroatoms. The number of nitrogens with two attached hydrogens (primary N) is 1. The van der Waals surface area contributed by atoms with Crippen molar-refractivity contribution in [3.8, 4) is 0 Å². The van der Waals surface area contributed by atoms with Gasteiger partial charge in [0.2, 0.25) is 11.9 Å². The molecule has 2 aromatic carbocycles. The molecule has 0 unspecified atom stereocenters. The van der Waals surface area contributed by atoms with Crippen molar-refractivity contribution in [3.63, 3.8) is 0 Å². The van der Waals surface area contributed by atoms with Crippen LogP contribution >= 0.6 is 11.3 Å². The van der Waals surface area contributed by atoms with Crippen LogP contribution in [0.3, 0.4) is 0 Å². The number of para-hydroxylation sites is 2. The molecule has 0 aliphatic carbocycles. The van der Waals surface area contributed by atoms with E-state index >= 15 is 0 Å². The second-order valence-corrected chi connectivity index (χ2v) is 6.98. The number of hydrogen-bond donors (Lipinski definition) is 4. The van der Waals surface area contributed by atoms with Crippen LogP contribution in [0.25, 0.3) is 11.0 Å². The van der Waals surface area contributed by atoms with E-state index < -0.39 is 29.0 Å². The minimum atomic E-state index is -1.03. The van der Waals surface area contributed by atoms with Crippen molar-refractivity contribution in [1.82, 2.24) is 20.3 Å². The smallest absolute Gasteiger partial charge is 0.277 e. The molecule has 0 bridgehead atoms. The Hall–Kier alpha value is -4.19. The van der Waals surface area contributed by atoms with E-state index in [-0.39, 0.29) is 22.7 Å². The number of hydrogen-bond acceptors (Lipinski definition) is 6. The third kappa shape index (κ3) is 4.38. The number of benzene rings is 2. The fourth-order valence-electron chi connectivity index (χ4n) is 2.62. The maximum atomic E-state index is 13.7. The van der Waals surface area contributed by atoms with Crippen molar-refractivity contribution in [2.45, 2.75) is 0 Å². The van der Waals surface area contributed by atoms with Gasteiger partial charge in [0.1, 0.15) is 22.9 Å². The molecular formula is C19H13F2N7O2S. The second-order valence-electron chi connectivity index (χ2n) is 6.12. The lowest BCUT2D eigenvalue weighted by Crippen LogP contribution is -2.36. The highest BCUT2D eigenvalue weighted by Crippen LogP contribution is 2.19. The number of nitrogens with one attached hydrogen (secondary N) is 3. The number of aliphatic imine (C=N–C) groups is 1. The molecule has 0 atom stereocenters. The molecule has 0 saturated carbocycles. The maximum absolute atomic E-state index is 13.7. The first-order valence-electron chi connectivity index (χ1n) is 8.72. The zero-order chi connectivity index (χ0) is 22.0. The van der Waals surface area contributed by atoms with Gasteiger partial charge in [-0.2, -0.15) is 4.99 Å². The quantitative estimate of drug-likeness (QED) is 0.285. The van der Waals surface area contributed by atoms with Crippen molar-refractivity contribution in [3.05, 3.63) is 70.7 Å². The summed E-state index contributed by atoms with van der Waals surface area (Å²) >= 11 is 0.899. The van der Waals surface area contributed by atoms with Crippen molar-refractivity contribution in [2.24, 2.45) is 10.7 Å². The number of H-pyrrole nitrogens is 1. The van der Waals surface area contributed by atoms with Gasteiger partial charge in [-0.05, 0) is 24.3 Å². The van der Waals surface area contributed by atoms with Gasteiger partial charge in [0.05, 0.1) is 11.0 Å². The summed E-state index contributed by atoms with van der Waals surface area (Å²) in [6, 6.07) is 10.3. The van der Waals surface area contributed by atoms with Gasteiger partial charge >= 0.3 is 0 Å². The highest BCUT2D eigenvalue weighted by atomic mass is 32.1. The Bertz CT molecular complexity index is 1280. The van der Waals surface area contributed by atoms with Crippen molar-refractivity contribution in [2.75, 3.05) is 5.32 Å². The predicted octanol–water partition coefficient (Wildman–Crippen LogP) is 2.93. The Morgan fingerprint density at radius 2 is 1.77 bits per heavy atom. The van der Waals surface area contributed by atoms with Crippen LogP contribution < -0.4 is 16.4 Å². The van der Waals surface area contributed by atoms with Crippen molar-refractivity contribution < 1.29 is 18.4 Å². The number of halogens is 2. The zero-order valence-corrected chi connectivity index (χ0v) is 16.3. The minimum Gasteiger partial charge on any atom is -0.369 e. The largest absolute Gasteiger partial charge is 0.369 e. The fraction of sp³-hybridized carbons (Fsp3) is 0. The summed E-state index contributed by atoms with van der Waals surface area (Å²) in [5, 5.41) is 5.92. The van der Waals surface area contributed by atoms with Crippen molar-refractivity contribution in [1.29, 1.82) is 0 Å². The van der Waals surface area contributed by atoms with Gasteiger partial charge in [-0.1, -0.05) is 18.2 Å².